The molecular formula is C8H15NO3. The van der Waals surface area contributed by atoms with E-state index in [4.69, 9.17) is 9.84 Å². The second-order valence-electron chi connectivity index (χ2n) is 2.92. The SMILES string of the molecule is CCOC1CCN(C(=O)O)CC1. The largest absolute Gasteiger partial charge is 0.465 e. The highest BCUT2D eigenvalue weighted by atomic mass is 16.5. The van der Waals surface area contributed by atoms with Gasteiger partial charge in [-0.1, -0.05) is 0 Å². The van der Waals surface area contributed by atoms with Crippen molar-refractivity contribution in [2.24, 2.45) is 0 Å². The Balaban J connectivity index is 2.25. The number of nitrogens with zero attached hydrogens (tertiary/aromatic N) is 1. The molecule has 4 nitrogen and oxygen atoms in total. The number of rotatable bonds is 2. The Morgan fingerprint density at radius 3 is 2.58 bits per heavy atom. The van der Waals surface area contributed by atoms with Crippen LogP contribution in [0.15, 0.2) is 0 Å². The second kappa shape index (κ2) is 4.30. The molecule has 12 heavy (non-hydrogen) atoms. The van der Waals surface area contributed by atoms with Crippen molar-refractivity contribution >= 4 is 6.09 Å². The molecule has 0 aromatic heterocycles. The highest BCUT2D eigenvalue weighted by Gasteiger charge is 2.21. The van der Waals surface area contributed by atoms with E-state index in [9.17, 15) is 4.79 Å². The quantitative estimate of drug-likeness (QED) is 0.681. The van der Waals surface area contributed by atoms with E-state index in [0.717, 1.165) is 19.4 Å². The van der Waals surface area contributed by atoms with Gasteiger partial charge < -0.3 is 14.7 Å². The Morgan fingerprint density at radius 2 is 2.17 bits per heavy atom. The first-order chi connectivity index (χ1) is 5.74. The first-order valence-corrected chi connectivity index (χ1v) is 4.33. The predicted molar refractivity (Wildman–Crippen MR) is 44.2 cm³/mol. The van der Waals surface area contributed by atoms with Crippen LogP contribution in [0.2, 0.25) is 0 Å². The van der Waals surface area contributed by atoms with Gasteiger partial charge >= 0.3 is 6.09 Å². The van der Waals surface area contributed by atoms with Gasteiger partial charge in [-0.3, -0.25) is 0 Å². The first kappa shape index (κ1) is 9.32. The summed E-state index contributed by atoms with van der Waals surface area (Å²) >= 11 is 0. The summed E-state index contributed by atoms with van der Waals surface area (Å²) in [6, 6.07) is 0. The summed E-state index contributed by atoms with van der Waals surface area (Å²) in [5.74, 6) is 0. The highest BCUT2D eigenvalue weighted by molar-refractivity contribution is 5.64. The molecule has 0 radical (unpaired) electrons. The topological polar surface area (TPSA) is 49.8 Å². The molecule has 0 bridgehead atoms. The van der Waals surface area contributed by atoms with Gasteiger partial charge in [-0.05, 0) is 19.8 Å². The minimum atomic E-state index is -0.815. The maximum absolute atomic E-state index is 10.5. The monoisotopic (exact) mass is 173 g/mol. The van der Waals surface area contributed by atoms with Crippen molar-refractivity contribution in [3.63, 3.8) is 0 Å². The summed E-state index contributed by atoms with van der Waals surface area (Å²) in [7, 11) is 0. The van der Waals surface area contributed by atoms with E-state index in [0.29, 0.717) is 13.1 Å². The van der Waals surface area contributed by atoms with Gasteiger partial charge in [0, 0.05) is 19.7 Å². The molecule has 1 N–H and O–H groups in total. The van der Waals surface area contributed by atoms with Crippen molar-refractivity contribution in [2.45, 2.75) is 25.9 Å². The van der Waals surface area contributed by atoms with Crippen molar-refractivity contribution in [3.05, 3.63) is 0 Å². The number of hydrogen-bond acceptors (Lipinski definition) is 2. The molecule has 0 atom stereocenters. The third-order valence-electron chi connectivity index (χ3n) is 2.11. The lowest BCUT2D eigenvalue weighted by atomic mass is 10.1. The molecule has 0 unspecified atom stereocenters. The number of amides is 1. The van der Waals surface area contributed by atoms with Gasteiger partial charge in [0.1, 0.15) is 0 Å². The lowest BCUT2D eigenvalue weighted by molar-refractivity contribution is 0.0167. The van der Waals surface area contributed by atoms with Crippen molar-refractivity contribution in [2.75, 3.05) is 19.7 Å². The maximum atomic E-state index is 10.5. The Bertz CT molecular complexity index is 152. The van der Waals surface area contributed by atoms with E-state index >= 15 is 0 Å². The Hall–Kier alpha value is -0.770. The fourth-order valence-corrected chi connectivity index (χ4v) is 1.45. The van der Waals surface area contributed by atoms with E-state index in [1.807, 2.05) is 6.92 Å². The normalized spacial score (nSPS) is 19.6. The predicted octanol–water partition coefficient (Wildman–Crippen LogP) is 1.17. The average Bonchev–Trinajstić information content (AvgIpc) is 2.06. The molecule has 0 saturated carbocycles. The van der Waals surface area contributed by atoms with E-state index in [2.05, 4.69) is 0 Å². The molecule has 4 heteroatoms. The van der Waals surface area contributed by atoms with Crippen LogP contribution in [0.4, 0.5) is 4.79 Å². The summed E-state index contributed by atoms with van der Waals surface area (Å²) in [5.41, 5.74) is 0. The van der Waals surface area contributed by atoms with E-state index in [-0.39, 0.29) is 6.10 Å². The molecule has 0 aliphatic carbocycles. The Kier molecular flexibility index (Phi) is 3.34. The summed E-state index contributed by atoms with van der Waals surface area (Å²) in [6.45, 7) is 3.90. The molecule has 1 heterocycles. The molecule has 1 aliphatic rings. The molecule has 1 fully saturated rings. The molecule has 70 valence electrons. The summed E-state index contributed by atoms with van der Waals surface area (Å²) in [6.07, 6.45) is 1.12. The van der Waals surface area contributed by atoms with Crippen molar-refractivity contribution in [1.29, 1.82) is 0 Å². The van der Waals surface area contributed by atoms with E-state index in [1.54, 1.807) is 0 Å². The third kappa shape index (κ3) is 2.37. The zero-order valence-corrected chi connectivity index (χ0v) is 7.32. The van der Waals surface area contributed by atoms with Crippen LogP contribution in [0.5, 0.6) is 0 Å². The van der Waals surface area contributed by atoms with Crippen LogP contribution in [0, 0.1) is 0 Å². The van der Waals surface area contributed by atoms with Gasteiger partial charge in [-0.15, -0.1) is 0 Å². The lowest BCUT2D eigenvalue weighted by Gasteiger charge is -2.29. The molecule has 0 aromatic carbocycles. The minimum Gasteiger partial charge on any atom is -0.465 e. The molecule has 0 spiro atoms. The number of ether oxygens (including phenoxy) is 1. The summed E-state index contributed by atoms with van der Waals surface area (Å²) < 4.78 is 5.39. The molecule has 1 aliphatic heterocycles. The number of hydrogen-bond donors (Lipinski definition) is 1. The molecular weight excluding hydrogens is 158 g/mol. The number of likely N-dealkylation sites (tertiary alicyclic amines) is 1. The van der Waals surface area contributed by atoms with Crippen LogP contribution in [0.3, 0.4) is 0 Å². The maximum Gasteiger partial charge on any atom is 0.407 e. The van der Waals surface area contributed by atoms with E-state index in [1.165, 1.54) is 4.90 Å². The molecule has 1 amide bonds. The number of carboxylic acid groups (broad SMARTS) is 1. The molecule has 1 saturated heterocycles. The minimum absolute atomic E-state index is 0.269. The third-order valence-corrected chi connectivity index (χ3v) is 2.11. The van der Waals surface area contributed by atoms with Crippen LogP contribution in [-0.4, -0.2) is 41.9 Å². The smallest absolute Gasteiger partial charge is 0.407 e. The number of carbonyl (C=O) groups is 1. The molecule has 0 aromatic rings. The van der Waals surface area contributed by atoms with Gasteiger partial charge in [0.05, 0.1) is 6.10 Å². The van der Waals surface area contributed by atoms with Gasteiger partial charge in [-0.2, -0.15) is 0 Å². The van der Waals surface area contributed by atoms with Gasteiger partial charge in [0.2, 0.25) is 0 Å². The van der Waals surface area contributed by atoms with E-state index < -0.39 is 6.09 Å². The Morgan fingerprint density at radius 1 is 1.58 bits per heavy atom. The van der Waals surface area contributed by atoms with Gasteiger partial charge in [0.25, 0.3) is 0 Å². The van der Waals surface area contributed by atoms with Gasteiger partial charge in [0.15, 0.2) is 0 Å². The van der Waals surface area contributed by atoms with Crippen molar-refractivity contribution in [3.8, 4) is 0 Å². The zero-order chi connectivity index (χ0) is 8.97. The van der Waals surface area contributed by atoms with Crippen LogP contribution >= 0.6 is 0 Å². The summed E-state index contributed by atoms with van der Waals surface area (Å²) in [4.78, 5) is 11.9. The lowest BCUT2D eigenvalue weighted by Crippen LogP contribution is -2.40. The van der Waals surface area contributed by atoms with Crippen molar-refractivity contribution in [1.82, 2.24) is 4.90 Å². The van der Waals surface area contributed by atoms with Crippen molar-refractivity contribution < 1.29 is 14.6 Å². The highest BCUT2D eigenvalue weighted by Crippen LogP contribution is 2.13. The fourth-order valence-electron chi connectivity index (χ4n) is 1.45. The van der Waals surface area contributed by atoms with Crippen LogP contribution in [-0.2, 0) is 4.74 Å². The van der Waals surface area contributed by atoms with Gasteiger partial charge in [-0.25, -0.2) is 4.79 Å². The van der Waals surface area contributed by atoms with Crippen LogP contribution in [0.1, 0.15) is 19.8 Å². The summed E-state index contributed by atoms with van der Waals surface area (Å²) in [5, 5.41) is 8.64. The Labute approximate surface area is 72.1 Å². The fraction of sp³-hybridized carbons (Fsp3) is 0.875. The first-order valence-electron chi connectivity index (χ1n) is 4.33. The standard InChI is InChI=1S/C8H15NO3/c1-2-12-7-3-5-9(6-4-7)8(10)11/h7H,2-6H2,1H3,(H,10,11). The van der Waals surface area contributed by atoms with Crippen LogP contribution < -0.4 is 0 Å². The number of piperidine rings is 1. The average molecular weight is 173 g/mol. The van der Waals surface area contributed by atoms with Crippen LogP contribution in [0.25, 0.3) is 0 Å². The molecule has 1 rings (SSSR count). The second-order valence-corrected chi connectivity index (χ2v) is 2.92. The zero-order valence-electron chi connectivity index (χ0n) is 7.32.